The van der Waals surface area contributed by atoms with Crippen LogP contribution in [0.1, 0.15) is 11.1 Å². The van der Waals surface area contributed by atoms with E-state index in [1.807, 2.05) is 11.0 Å². The van der Waals surface area contributed by atoms with Crippen LogP contribution in [0.5, 0.6) is 0 Å². The van der Waals surface area contributed by atoms with Gasteiger partial charge in [-0.15, -0.1) is 0 Å². The molecule has 2 aromatic carbocycles. The highest BCUT2D eigenvalue weighted by Crippen LogP contribution is 2.45. The average Bonchev–Trinajstić information content (AvgIpc) is 3.16. The number of sulfonamides is 1. The van der Waals surface area contributed by atoms with Gasteiger partial charge >= 0.3 is 0 Å². The fraction of sp³-hybridized carbons (Fsp3) is 0.348. The standard InChI is InChI=1S/C23H29N7O2S2/c1-15-4-3-5-16(2)19(15)30-20-21(24)29(14-27-22(20)33-23(30)25)17-6-8-18(9-7-17)34(31,32)28-12-10-26-11-13-28/h3-9,14,21,23,26H,10-13,24-25H2,1-2H3. The summed E-state index contributed by atoms with van der Waals surface area (Å²) >= 11 is 1.48. The van der Waals surface area contributed by atoms with Crippen LogP contribution in [0.3, 0.4) is 0 Å². The largest absolute Gasteiger partial charge is 0.314 e. The van der Waals surface area contributed by atoms with E-state index in [4.69, 9.17) is 11.5 Å². The summed E-state index contributed by atoms with van der Waals surface area (Å²) in [6.45, 7) is 6.37. The molecule has 1 fully saturated rings. The normalized spacial score (nSPS) is 23.5. The molecule has 2 unspecified atom stereocenters. The Bertz CT molecular complexity index is 1230. The monoisotopic (exact) mass is 499 g/mol. The number of nitrogens with one attached hydrogen (secondary N) is 1. The molecule has 0 radical (unpaired) electrons. The van der Waals surface area contributed by atoms with Crippen molar-refractivity contribution in [1.29, 1.82) is 0 Å². The number of anilines is 2. The zero-order valence-corrected chi connectivity index (χ0v) is 20.8. The number of hydrogen-bond donors (Lipinski definition) is 3. The van der Waals surface area contributed by atoms with Gasteiger partial charge in [-0.1, -0.05) is 30.0 Å². The van der Waals surface area contributed by atoms with E-state index in [0.717, 1.165) is 33.2 Å². The van der Waals surface area contributed by atoms with Crippen LogP contribution in [0.25, 0.3) is 0 Å². The van der Waals surface area contributed by atoms with E-state index in [1.165, 1.54) is 16.1 Å². The van der Waals surface area contributed by atoms with Gasteiger partial charge in [-0.05, 0) is 49.2 Å². The summed E-state index contributed by atoms with van der Waals surface area (Å²) in [7, 11) is -3.53. The number of nitrogens with zero attached hydrogens (tertiary/aromatic N) is 4. The number of hydrogen-bond acceptors (Lipinski definition) is 9. The van der Waals surface area contributed by atoms with Gasteiger partial charge in [-0.25, -0.2) is 13.4 Å². The van der Waals surface area contributed by atoms with Crippen LogP contribution in [0.4, 0.5) is 11.4 Å². The second-order valence-corrected chi connectivity index (χ2v) is 11.6. The van der Waals surface area contributed by atoms with Gasteiger partial charge in [-0.2, -0.15) is 4.31 Å². The molecule has 5 N–H and O–H groups in total. The molecular formula is C23H29N7O2S2. The third kappa shape index (κ3) is 3.92. The molecule has 5 rings (SSSR count). The Labute approximate surface area is 204 Å². The topological polar surface area (TPSA) is 120 Å². The zero-order chi connectivity index (χ0) is 24.0. The maximum absolute atomic E-state index is 13.0. The Morgan fingerprint density at radius 1 is 1.03 bits per heavy atom. The minimum Gasteiger partial charge on any atom is -0.314 e. The minimum atomic E-state index is -3.53. The van der Waals surface area contributed by atoms with Crippen LogP contribution >= 0.6 is 11.8 Å². The summed E-state index contributed by atoms with van der Waals surface area (Å²) in [5, 5.41) is 3.98. The van der Waals surface area contributed by atoms with Gasteiger partial charge in [0.2, 0.25) is 10.0 Å². The van der Waals surface area contributed by atoms with Crippen LogP contribution < -0.4 is 26.6 Å². The van der Waals surface area contributed by atoms with E-state index in [-0.39, 0.29) is 10.4 Å². The highest BCUT2D eigenvalue weighted by molar-refractivity contribution is 8.04. The summed E-state index contributed by atoms with van der Waals surface area (Å²) in [6, 6.07) is 13.0. The molecule has 9 nitrogen and oxygen atoms in total. The molecule has 3 heterocycles. The van der Waals surface area contributed by atoms with E-state index < -0.39 is 16.2 Å². The van der Waals surface area contributed by atoms with Crippen molar-refractivity contribution < 1.29 is 8.42 Å². The molecule has 3 aliphatic heterocycles. The number of rotatable bonds is 4. The molecule has 2 atom stereocenters. The first-order valence-electron chi connectivity index (χ1n) is 11.2. The Balaban J connectivity index is 1.43. The average molecular weight is 500 g/mol. The van der Waals surface area contributed by atoms with Crippen LogP contribution in [-0.4, -0.2) is 56.9 Å². The third-order valence-corrected chi connectivity index (χ3v) is 9.28. The lowest BCUT2D eigenvalue weighted by molar-refractivity contribution is 0.360. The van der Waals surface area contributed by atoms with Gasteiger partial charge in [0.05, 0.1) is 16.9 Å². The van der Waals surface area contributed by atoms with Crippen molar-refractivity contribution >= 4 is 39.5 Å². The quantitative estimate of drug-likeness (QED) is 0.581. The smallest absolute Gasteiger partial charge is 0.243 e. The van der Waals surface area contributed by atoms with Crippen LogP contribution in [-0.2, 0) is 10.0 Å². The Morgan fingerprint density at radius 2 is 1.68 bits per heavy atom. The highest BCUT2D eigenvalue weighted by Gasteiger charge is 2.40. The molecule has 1 saturated heterocycles. The molecule has 34 heavy (non-hydrogen) atoms. The maximum Gasteiger partial charge on any atom is 0.243 e. The number of aliphatic imine (C=N–C) groups is 1. The fourth-order valence-corrected chi connectivity index (χ4v) is 7.08. The van der Waals surface area contributed by atoms with Gasteiger partial charge in [0, 0.05) is 37.6 Å². The molecule has 0 aromatic heterocycles. The number of piperazine rings is 1. The van der Waals surface area contributed by atoms with Crippen molar-refractivity contribution in [3.8, 4) is 0 Å². The predicted molar refractivity (Wildman–Crippen MR) is 138 cm³/mol. The fourth-order valence-electron chi connectivity index (χ4n) is 4.64. The predicted octanol–water partition coefficient (Wildman–Crippen LogP) is 1.70. The van der Waals surface area contributed by atoms with Crippen molar-refractivity contribution in [2.75, 3.05) is 36.0 Å². The molecule has 0 aliphatic carbocycles. The minimum absolute atomic E-state index is 0.274. The molecule has 0 spiro atoms. The van der Waals surface area contributed by atoms with E-state index >= 15 is 0 Å². The molecule has 180 valence electrons. The Hall–Kier alpha value is -2.41. The van der Waals surface area contributed by atoms with Crippen molar-refractivity contribution in [3.63, 3.8) is 0 Å². The second kappa shape index (κ2) is 8.99. The number of thioether (sulfide) groups is 1. The van der Waals surface area contributed by atoms with E-state index in [9.17, 15) is 8.42 Å². The Morgan fingerprint density at radius 3 is 2.32 bits per heavy atom. The molecule has 3 aliphatic rings. The second-order valence-electron chi connectivity index (χ2n) is 8.55. The molecule has 11 heteroatoms. The molecule has 0 amide bonds. The lowest BCUT2D eigenvalue weighted by atomic mass is 10.1. The van der Waals surface area contributed by atoms with E-state index in [1.54, 1.807) is 30.6 Å². The Kier molecular flexibility index (Phi) is 6.17. The summed E-state index contributed by atoms with van der Waals surface area (Å²) in [5.41, 5.74) is 17.8. The first kappa shape index (κ1) is 23.3. The van der Waals surface area contributed by atoms with Gasteiger partial charge < -0.3 is 26.6 Å². The number of aryl methyl sites for hydroxylation is 2. The summed E-state index contributed by atoms with van der Waals surface area (Å²) in [4.78, 5) is 8.83. The number of para-hydroxylation sites is 1. The summed E-state index contributed by atoms with van der Waals surface area (Å²) in [5.74, 6) is 0. The first-order valence-corrected chi connectivity index (χ1v) is 13.5. The zero-order valence-electron chi connectivity index (χ0n) is 19.2. The number of nitrogens with two attached hydrogens (primary N) is 2. The van der Waals surface area contributed by atoms with E-state index in [0.29, 0.717) is 26.2 Å². The van der Waals surface area contributed by atoms with Crippen molar-refractivity contribution in [1.82, 2.24) is 9.62 Å². The lowest BCUT2D eigenvalue weighted by Gasteiger charge is -2.37. The molecule has 2 aromatic rings. The van der Waals surface area contributed by atoms with Crippen molar-refractivity contribution in [2.24, 2.45) is 16.5 Å². The summed E-state index contributed by atoms with van der Waals surface area (Å²) < 4.78 is 27.5. The molecule has 0 saturated carbocycles. The van der Waals surface area contributed by atoms with Gasteiger partial charge in [0.15, 0.2) is 0 Å². The van der Waals surface area contributed by atoms with Crippen LogP contribution in [0.2, 0.25) is 0 Å². The van der Waals surface area contributed by atoms with Crippen LogP contribution in [0, 0.1) is 13.8 Å². The third-order valence-electron chi connectivity index (χ3n) is 6.37. The van der Waals surface area contributed by atoms with Gasteiger partial charge in [0.1, 0.15) is 16.7 Å². The maximum atomic E-state index is 13.0. The van der Waals surface area contributed by atoms with E-state index in [2.05, 4.69) is 41.2 Å². The first-order chi connectivity index (χ1) is 16.3. The van der Waals surface area contributed by atoms with Gasteiger partial charge in [0.25, 0.3) is 0 Å². The lowest BCUT2D eigenvalue weighted by Crippen LogP contribution is -2.51. The molecular weight excluding hydrogens is 470 g/mol. The number of benzene rings is 2. The SMILES string of the molecule is Cc1cccc(C)c1N1C2=C(N=CN(c3ccc(S(=O)(=O)N4CCNCC4)cc3)C2N)SC1N. The summed E-state index contributed by atoms with van der Waals surface area (Å²) in [6.07, 6.45) is 1.17. The van der Waals surface area contributed by atoms with Crippen molar-refractivity contribution in [2.45, 2.75) is 30.4 Å². The van der Waals surface area contributed by atoms with Crippen molar-refractivity contribution in [3.05, 3.63) is 64.3 Å². The van der Waals surface area contributed by atoms with Gasteiger partial charge in [-0.3, -0.25) is 0 Å². The van der Waals surface area contributed by atoms with Crippen LogP contribution in [0.15, 0.2) is 63.1 Å². The molecule has 0 bridgehead atoms. The highest BCUT2D eigenvalue weighted by atomic mass is 32.2.